The van der Waals surface area contributed by atoms with Gasteiger partial charge in [0.2, 0.25) is 0 Å². The van der Waals surface area contributed by atoms with Crippen molar-refractivity contribution in [2.24, 2.45) is 0 Å². The van der Waals surface area contributed by atoms with E-state index in [1.807, 2.05) is 0 Å². The van der Waals surface area contributed by atoms with E-state index in [1.165, 1.54) is 76.3 Å². The number of carboxylic acids is 2. The predicted molar refractivity (Wildman–Crippen MR) is 133 cm³/mol. The van der Waals surface area contributed by atoms with Crippen molar-refractivity contribution in [2.45, 2.75) is 86.1 Å². The van der Waals surface area contributed by atoms with Gasteiger partial charge in [0.1, 0.15) is 0 Å². The smallest absolute Gasteiger partial charge is 0.0843 e. The lowest BCUT2D eigenvalue weighted by molar-refractivity contribution is -0.425. The molecule has 0 aliphatic heterocycles. The Labute approximate surface area is 210 Å². The van der Waals surface area contributed by atoms with Crippen LogP contribution < -0.4 is 21.7 Å². The molecule has 0 heterocycles. The van der Waals surface area contributed by atoms with Crippen LogP contribution >= 0.6 is 21.6 Å². The molecule has 186 valence electrons. The Hall–Kier alpha value is -2.00. The van der Waals surface area contributed by atoms with Gasteiger partial charge in [0, 0.05) is 20.9 Å². The highest BCUT2D eigenvalue weighted by molar-refractivity contribution is 8.76. The van der Waals surface area contributed by atoms with Crippen LogP contribution in [0.4, 0.5) is 0 Å². The van der Waals surface area contributed by atoms with Gasteiger partial charge < -0.3 is 31.3 Å². The van der Waals surface area contributed by atoms with Crippen LogP contribution in [0.1, 0.15) is 84.9 Å². The molecule has 34 heavy (non-hydrogen) atoms. The molecule has 0 radical (unpaired) electrons. The number of carboxylic acid groups (broad SMARTS) is 2. The van der Waals surface area contributed by atoms with Gasteiger partial charge in [0.05, 0.1) is 24.0 Å². The maximum absolute atomic E-state index is 11.0. The fraction of sp³-hybridized carbons (Fsp3) is 0.462. The van der Waals surface area contributed by atoms with Gasteiger partial charge in [-0.05, 0) is 63.5 Å². The molecular formula is C26H36N2O4S2. The third-order valence-corrected chi connectivity index (χ3v) is 8.37. The summed E-state index contributed by atoms with van der Waals surface area (Å²) < 4.78 is 0. The fourth-order valence-electron chi connectivity index (χ4n) is 3.88. The molecule has 2 aromatic rings. The Kier molecular flexibility index (Phi) is 13.1. The molecule has 0 amide bonds. The van der Waals surface area contributed by atoms with Crippen molar-refractivity contribution in [1.82, 2.24) is 0 Å². The number of hydrogen-bond donors (Lipinski definition) is 2. The number of rotatable bonds is 5. The lowest BCUT2D eigenvalue weighted by Crippen LogP contribution is -2.61. The zero-order valence-corrected chi connectivity index (χ0v) is 21.3. The molecule has 8 heteroatoms. The molecule has 0 saturated heterocycles. The molecule has 2 fully saturated rings. The number of hydrogen-bond acceptors (Lipinski definition) is 6. The van der Waals surface area contributed by atoms with Crippen LogP contribution in [-0.4, -0.2) is 24.0 Å². The first-order valence-corrected chi connectivity index (χ1v) is 14.1. The summed E-state index contributed by atoms with van der Waals surface area (Å²) in [5, 5.41) is 21.9. The zero-order valence-electron chi connectivity index (χ0n) is 19.7. The number of carbonyl (C=O) groups excluding carboxylic acids is 2. The normalized spacial score (nSPS) is 16.4. The van der Waals surface area contributed by atoms with Crippen LogP contribution in [0.3, 0.4) is 0 Å². The van der Waals surface area contributed by atoms with Crippen molar-refractivity contribution < 1.29 is 31.3 Å². The average Bonchev–Trinajstić information content (AvgIpc) is 2.85. The predicted octanol–water partition coefficient (Wildman–Crippen LogP) is 2.33. The maximum atomic E-state index is 11.0. The van der Waals surface area contributed by atoms with Crippen molar-refractivity contribution in [1.29, 1.82) is 0 Å². The summed E-state index contributed by atoms with van der Waals surface area (Å²) in [6, 6.07) is 14.4. The molecule has 0 spiro atoms. The molecule has 0 bridgehead atoms. The Morgan fingerprint density at radius 2 is 0.941 bits per heavy atom. The van der Waals surface area contributed by atoms with Gasteiger partial charge in [0.25, 0.3) is 0 Å². The summed E-state index contributed by atoms with van der Waals surface area (Å²) in [6.07, 6.45) is 14.1. The van der Waals surface area contributed by atoms with E-state index in [2.05, 4.69) is 11.5 Å². The molecule has 0 aromatic heterocycles. The van der Waals surface area contributed by atoms with Crippen LogP contribution in [0, 0.1) is 0 Å². The van der Waals surface area contributed by atoms with Crippen LogP contribution in [0.5, 0.6) is 0 Å². The van der Waals surface area contributed by atoms with Crippen molar-refractivity contribution in [3.63, 3.8) is 0 Å². The monoisotopic (exact) mass is 504 g/mol. The van der Waals surface area contributed by atoms with Crippen molar-refractivity contribution in [3.8, 4) is 0 Å². The van der Waals surface area contributed by atoms with E-state index in [0.717, 1.165) is 33.7 Å². The largest absolute Gasteiger partial charge is 0.545 e. The molecule has 2 aliphatic carbocycles. The number of quaternary nitrogens is 2. The SMILES string of the molecule is O=C([O-])c1ccccc1SSc1ccccc1C(=O)[O-].[NH3+]C1CCCCC1.[NH3+]C1CCCCC1. The first kappa shape index (κ1) is 28.2. The van der Waals surface area contributed by atoms with Gasteiger partial charge in [-0.15, -0.1) is 0 Å². The first-order valence-electron chi connectivity index (χ1n) is 12.0. The van der Waals surface area contributed by atoms with Crippen LogP contribution in [-0.2, 0) is 0 Å². The lowest BCUT2D eigenvalue weighted by Gasteiger charge is -2.12. The maximum Gasteiger partial charge on any atom is 0.0843 e. The Morgan fingerprint density at radius 3 is 1.21 bits per heavy atom. The third-order valence-electron chi connectivity index (χ3n) is 5.88. The molecule has 4 rings (SSSR count). The summed E-state index contributed by atoms with van der Waals surface area (Å²) in [7, 11) is 2.33. The molecule has 6 N–H and O–H groups in total. The molecular weight excluding hydrogens is 468 g/mol. The van der Waals surface area contributed by atoms with Crippen molar-refractivity contribution in [2.75, 3.05) is 0 Å². The summed E-state index contributed by atoms with van der Waals surface area (Å²) >= 11 is 0. The fourth-order valence-corrected chi connectivity index (χ4v) is 6.22. The highest BCUT2D eigenvalue weighted by Gasteiger charge is 2.10. The molecule has 2 aromatic carbocycles. The molecule has 0 atom stereocenters. The Morgan fingerprint density at radius 1 is 0.618 bits per heavy atom. The summed E-state index contributed by atoms with van der Waals surface area (Å²) in [4.78, 5) is 23.0. The zero-order chi connectivity index (χ0) is 24.8. The van der Waals surface area contributed by atoms with Crippen molar-refractivity contribution >= 4 is 33.5 Å². The Balaban J connectivity index is 0.000000235. The number of aromatic carboxylic acids is 2. The van der Waals surface area contributed by atoms with Crippen LogP contribution in [0.2, 0.25) is 0 Å². The quantitative estimate of drug-likeness (QED) is 0.600. The Bertz CT molecular complexity index is 824. The molecule has 6 nitrogen and oxygen atoms in total. The summed E-state index contributed by atoms with van der Waals surface area (Å²) in [5.41, 5.74) is 8.15. The summed E-state index contributed by atoms with van der Waals surface area (Å²) in [5.74, 6) is -2.52. The number of benzene rings is 2. The van der Waals surface area contributed by atoms with Gasteiger partial charge >= 0.3 is 0 Å². The topological polar surface area (TPSA) is 136 Å². The van der Waals surface area contributed by atoms with E-state index >= 15 is 0 Å². The minimum absolute atomic E-state index is 0.0796. The van der Waals surface area contributed by atoms with Gasteiger partial charge in [-0.1, -0.05) is 70.8 Å². The van der Waals surface area contributed by atoms with Gasteiger partial charge in [-0.25, -0.2) is 0 Å². The third kappa shape index (κ3) is 10.5. The molecule has 2 aliphatic rings. The standard InChI is InChI=1S/C14H10O4S2.2C6H13N/c15-13(16)9-5-1-3-7-11(9)19-20-12-8-4-2-6-10(12)14(17)18;2*7-6-4-2-1-3-5-6/h1-8H,(H,15,16)(H,17,18);2*6H,1-5,7H2. The summed E-state index contributed by atoms with van der Waals surface area (Å²) in [6.45, 7) is 0. The first-order chi connectivity index (χ1) is 16.4. The second-order valence-corrected chi connectivity index (χ2v) is 11.0. The van der Waals surface area contributed by atoms with Crippen molar-refractivity contribution in [3.05, 3.63) is 59.7 Å². The van der Waals surface area contributed by atoms with Gasteiger partial charge in [-0.3, -0.25) is 0 Å². The minimum Gasteiger partial charge on any atom is -0.545 e. The van der Waals surface area contributed by atoms with E-state index in [1.54, 1.807) is 36.4 Å². The average molecular weight is 505 g/mol. The minimum atomic E-state index is -1.26. The van der Waals surface area contributed by atoms with Gasteiger partial charge in [0.15, 0.2) is 0 Å². The van der Waals surface area contributed by atoms with Crippen LogP contribution in [0.25, 0.3) is 0 Å². The van der Waals surface area contributed by atoms with Gasteiger partial charge in [-0.2, -0.15) is 0 Å². The molecule has 2 saturated carbocycles. The van der Waals surface area contributed by atoms with Crippen LogP contribution in [0.15, 0.2) is 58.3 Å². The van der Waals surface area contributed by atoms with E-state index in [0.29, 0.717) is 9.79 Å². The highest BCUT2D eigenvalue weighted by Crippen LogP contribution is 2.40. The second-order valence-electron chi connectivity index (χ2n) is 8.74. The number of carbonyl (C=O) groups is 2. The van der Waals surface area contributed by atoms with E-state index < -0.39 is 11.9 Å². The molecule has 0 unspecified atom stereocenters. The second kappa shape index (κ2) is 15.8. The van der Waals surface area contributed by atoms with E-state index in [4.69, 9.17) is 0 Å². The lowest BCUT2D eigenvalue weighted by atomic mass is 9.97. The highest BCUT2D eigenvalue weighted by atomic mass is 33.1. The van der Waals surface area contributed by atoms with E-state index in [9.17, 15) is 19.8 Å². The van der Waals surface area contributed by atoms with E-state index in [-0.39, 0.29) is 11.1 Å².